The number of rotatable bonds is 2. The Morgan fingerprint density at radius 3 is 1.13 bits per heavy atom. The van der Waals surface area contributed by atoms with E-state index in [0.29, 0.717) is 20.1 Å². The van der Waals surface area contributed by atoms with Crippen molar-refractivity contribution in [2.24, 2.45) is 0 Å². The van der Waals surface area contributed by atoms with Gasteiger partial charge in [-0.25, -0.2) is 0 Å². The van der Waals surface area contributed by atoms with Gasteiger partial charge < -0.3 is 0 Å². The van der Waals surface area contributed by atoms with Gasteiger partial charge in [0.1, 0.15) is 0 Å². The van der Waals surface area contributed by atoms with Gasteiger partial charge in [0.2, 0.25) is 0 Å². The molecule has 0 bridgehead atoms. The largest absolute Gasteiger partial charge is 0.0843 e. The molecule has 0 unspecified atom stereocenters. The summed E-state index contributed by atoms with van der Waals surface area (Å²) < 4.78 is 0. The maximum absolute atomic E-state index is 6.79. The number of fused-ring (bicyclic) bond motifs is 2. The third-order valence-electron chi connectivity index (χ3n) is 5.33. The standard InChI is InChI=1S/C26H14Cl4/c27-17-11-7-15(8-12-17)23-19-3-1-5-21(29)25(19)24(16-9-13-18(28)14-10-16)20-4-2-6-22(30)26(20)23/h1-14H. The van der Waals surface area contributed by atoms with Crippen molar-refractivity contribution >= 4 is 67.9 Å². The van der Waals surface area contributed by atoms with E-state index in [0.717, 1.165) is 43.8 Å². The zero-order valence-electron chi connectivity index (χ0n) is 15.6. The maximum Gasteiger partial charge on any atom is 0.0491 e. The molecule has 0 saturated heterocycles. The van der Waals surface area contributed by atoms with Crippen LogP contribution in [0.4, 0.5) is 0 Å². The Labute approximate surface area is 194 Å². The average Bonchev–Trinajstić information content (AvgIpc) is 2.74. The van der Waals surface area contributed by atoms with Crippen molar-refractivity contribution in [3.63, 3.8) is 0 Å². The van der Waals surface area contributed by atoms with Gasteiger partial charge in [-0.3, -0.25) is 0 Å². The molecule has 0 aliphatic rings. The number of hydrogen-bond acceptors (Lipinski definition) is 0. The van der Waals surface area contributed by atoms with Crippen LogP contribution in [0.3, 0.4) is 0 Å². The zero-order chi connectivity index (χ0) is 20.8. The fourth-order valence-electron chi connectivity index (χ4n) is 4.08. The topological polar surface area (TPSA) is 0 Å². The van der Waals surface area contributed by atoms with Gasteiger partial charge in [-0.2, -0.15) is 0 Å². The molecule has 0 aliphatic heterocycles. The second-order valence-electron chi connectivity index (χ2n) is 7.09. The molecule has 0 radical (unpaired) electrons. The Balaban J connectivity index is 2.04. The summed E-state index contributed by atoms with van der Waals surface area (Å²) in [5, 5.41) is 6.81. The van der Waals surface area contributed by atoms with Crippen LogP contribution < -0.4 is 0 Å². The van der Waals surface area contributed by atoms with E-state index in [-0.39, 0.29) is 0 Å². The molecule has 0 aromatic heterocycles. The fourth-order valence-corrected chi connectivity index (χ4v) is 4.87. The molecule has 0 amide bonds. The Hall–Kier alpha value is -2.22. The second kappa shape index (κ2) is 7.80. The molecule has 0 fully saturated rings. The molecule has 0 spiro atoms. The van der Waals surface area contributed by atoms with Crippen molar-refractivity contribution in [2.45, 2.75) is 0 Å². The monoisotopic (exact) mass is 466 g/mol. The van der Waals surface area contributed by atoms with Gasteiger partial charge in [0.05, 0.1) is 0 Å². The highest BCUT2D eigenvalue weighted by molar-refractivity contribution is 6.42. The Morgan fingerprint density at radius 1 is 0.400 bits per heavy atom. The lowest BCUT2D eigenvalue weighted by atomic mass is 9.86. The van der Waals surface area contributed by atoms with Crippen molar-refractivity contribution < 1.29 is 0 Å². The molecule has 30 heavy (non-hydrogen) atoms. The summed E-state index contributed by atoms with van der Waals surface area (Å²) in [4.78, 5) is 0. The minimum Gasteiger partial charge on any atom is -0.0843 e. The van der Waals surface area contributed by atoms with E-state index >= 15 is 0 Å². The molecule has 5 aromatic carbocycles. The Bertz CT molecular complexity index is 1290. The smallest absolute Gasteiger partial charge is 0.0491 e. The van der Waals surface area contributed by atoms with Gasteiger partial charge in [-0.15, -0.1) is 0 Å². The first-order valence-corrected chi connectivity index (χ1v) is 10.9. The Kier molecular flexibility index (Phi) is 5.13. The molecule has 0 heterocycles. The first-order valence-electron chi connectivity index (χ1n) is 9.39. The molecule has 0 N–H and O–H groups in total. The summed E-state index contributed by atoms with van der Waals surface area (Å²) in [7, 11) is 0. The summed E-state index contributed by atoms with van der Waals surface area (Å²) in [6, 6.07) is 27.6. The van der Waals surface area contributed by atoms with Crippen LogP contribution in [0.2, 0.25) is 20.1 Å². The molecule has 0 aliphatic carbocycles. The van der Waals surface area contributed by atoms with Crippen LogP contribution in [-0.4, -0.2) is 0 Å². The minimum absolute atomic E-state index is 0.689. The lowest BCUT2D eigenvalue weighted by molar-refractivity contribution is 1.65. The molecule has 5 aromatic rings. The molecule has 5 rings (SSSR count). The van der Waals surface area contributed by atoms with E-state index in [4.69, 9.17) is 46.4 Å². The second-order valence-corrected chi connectivity index (χ2v) is 8.78. The van der Waals surface area contributed by atoms with E-state index in [1.54, 1.807) is 0 Å². The molecule has 0 saturated carbocycles. The van der Waals surface area contributed by atoms with Gasteiger partial charge in [-0.05, 0) is 69.4 Å². The highest BCUT2D eigenvalue weighted by atomic mass is 35.5. The highest BCUT2D eigenvalue weighted by Gasteiger charge is 2.20. The van der Waals surface area contributed by atoms with Gasteiger partial charge in [-0.1, -0.05) is 94.9 Å². The lowest BCUT2D eigenvalue weighted by Crippen LogP contribution is -1.92. The van der Waals surface area contributed by atoms with Crippen molar-refractivity contribution in [1.82, 2.24) is 0 Å². The van der Waals surface area contributed by atoms with Crippen LogP contribution in [0.25, 0.3) is 43.8 Å². The van der Waals surface area contributed by atoms with E-state index in [9.17, 15) is 0 Å². The van der Waals surface area contributed by atoms with Crippen LogP contribution in [-0.2, 0) is 0 Å². The van der Waals surface area contributed by atoms with Gasteiger partial charge in [0.25, 0.3) is 0 Å². The minimum atomic E-state index is 0.689. The summed E-state index contributed by atoms with van der Waals surface area (Å²) in [6.07, 6.45) is 0. The van der Waals surface area contributed by atoms with E-state index in [1.807, 2.05) is 72.8 Å². The summed E-state index contributed by atoms with van der Waals surface area (Å²) in [5.74, 6) is 0. The van der Waals surface area contributed by atoms with E-state index in [1.165, 1.54) is 0 Å². The molecular weight excluding hydrogens is 454 g/mol. The number of halogens is 4. The summed E-state index contributed by atoms with van der Waals surface area (Å²) in [5.41, 5.74) is 4.16. The molecular formula is C26H14Cl4. The summed E-state index contributed by atoms with van der Waals surface area (Å²) >= 11 is 25.9. The van der Waals surface area contributed by atoms with Crippen LogP contribution in [0.1, 0.15) is 0 Å². The van der Waals surface area contributed by atoms with Crippen molar-refractivity contribution in [1.29, 1.82) is 0 Å². The maximum atomic E-state index is 6.79. The first-order chi connectivity index (χ1) is 14.5. The van der Waals surface area contributed by atoms with Crippen LogP contribution >= 0.6 is 46.4 Å². The fraction of sp³-hybridized carbons (Fsp3) is 0. The van der Waals surface area contributed by atoms with E-state index < -0.39 is 0 Å². The summed E-state index contributed by atoms with van der Waals surface area (Å²) in [6.45, 7) is 0. The molecule has 0 nitrogen and oxygen atoms in total. The molecule has 4 heteroatoms. The van der Waals surface area contributed by atoms with Crippen molar-refractivity contribution in [3.8, 4) is 22.3 Å². The van der Waals surface area contributed by atoms with Crippen LogP contribution in [0.5, 0.6) is 0 Å². The lowest BCUT2D eigenvalue weighted by Gasteiger charge is -2.19. The van der Waals surface area contributed by atoms with Crippen molar-refractivity contribution in [2.75, 3.05) is 0 Å². The third-order valence-corrected chi connectivity index (χ3v) is 6.47. The highest BCUT2D eigenvalue weighted by Crippen LogP contribution is 2.47. The predicted octanol–water partition coefficient (Wildman–Crippen LogP) is 9.94. The predicted molar refractivity (Wildman–Crippen MR) is 132 cm³/mol. The third kappa shape index (κ3) is 3.25. The SMILES string of the molecule is Clc1ccc(-c2c3cccc(Cl)c3c(-c3ccc(Cl)cc3)c3cccc(Cl)c23)cc1. The van der Waals surface area contributed by atoms with Gasteiger partial charge in [0.15, 0.2) is 0 Å². The van der Waals surface area contributed by atoms with Gasteiger partial charge >= 0.3 is 0 Å². The number of hydrogen-bond donors (Lipinski definition) is 0. The Morgan fingerprint density at radius 2 is 0.767 bits per heavy atom. The van der Waals surface area contributed by atoms with Crippen LogP contribution in [0, 0.1) is 0 Å². The average molecular weight is 468 g/mol. The number of benzene rings is 5. The van der Waals surface area contributed by atoms with E-state index in [2.05, 4.69) is 12.1 Å². The quantitative estimate of drug-likeness (QED) is 0.226. The zero-order valence-corrected chi connectivity index (χ0v) is 18.6. The van der Waals surface area contributed by atoms with Crippen LogP contribution in [0.15, 0.2) is 84.9 Å². The van der Waals surface area contributed by atoms with Crippen molar-refractivity contribution in [3.05, 3.63) is 105 Å². The molecule has 0 atom stereocenters. The first kappa shape index (κ1) is 19.7. The normalized spacial score (nSPS) is 11.3. The molecule has 146 valence electrons. The van der Waals surface area contributed by atoms with Gasteiger partial charge in [0, 0.05) is 30.9 Å².